The number of hydrogen-bond acceptors (Lipinski definition) is 3. The van der Waals surface area contributed by atoms with Crippen LogP contribution in [-0.4, -0.2) is 15.2 Å². The van der Waals surface area contributed by atoms with E-state index in [0.717, 1.165) is 17.0 Å². The molecule has 116 valence electrons. The smallest absolute Gasteiger partial charge is 0.232 e. The molecule has 1 heterocycles. The van der Waals surface area contributed by atoms with Crippen LogP contribution < -0.4 is 5.32 Å². The summed E-state index contributed by atoms with van der Waals surface area (Å²) in [5, 5.41) is 3.08. The maximum absolute atomic E-state index is 13.2. The van der Waals surface area contributed by atoms with Crippen molar-refractivity contribution in [1.29, 1.82) is 0 Å². The summed E-state index contributed by atoms with van der Waals surface area (Å²) < 4.78 is 25.1. The van der Waals surface area contributed by atoms with Gasteiger partial charge in [0.2, 0.25) is 5.91 Å². The molecule has 1 aliphatic rings. The number of hydrogen-bond donors (Lipinski definition) is 1. The van der Waals surface area contributed by atoms with Crippen LogP contribution >= 0.6 is 34.5 Å². The van der Waals surface area contributed by atoms with Crippen LogP contribution in [0.1, 0.15) is 16.9 Å². The van der Waals surface area contributed by atoms with Gasteiger partial charge < -0.3 is 5.32 Å². The number of anilines is 1. The summed E-state index contributed by atoms with van der Waals surface area (Å²) >= 11 is 12.9. The molecular formula is C14H10Cl2F2N2OS. The predicted octanol–water partition coefficient (Wildman–Crippen LogP) is 4.14. The first-order valence-corrected chi connectivity index (χ1v) is 8.00. The van der Waals surface area contributed by atoms with Crippen molar-refractivity contribution in [3.63, 3.8) is 0 Å². The fraction of sp³-hybridized carbons (Fsp3) is 0.286. The fourth-order valence-corrected chi connectivity index (χ4v) is 3.34. The molecule has 22 heavy (non-hydrogen) atoms. The fourth-order valence-electron chi connectivity index (χ4n) is 1.99. The highest BCUT2D eigenvalue weighted by atomic mass is 35.5. The summed E-state index contributed by atoms with van der Waals surface area (Å²) in [7, 11) is 0. The van der Waals surface area contributed by atoms with Gasteiger partial charge in [-0.05, 0) is 24.1 Å². The Balaban J connectivity index is 1.64. The number of alkyl halides is 2. The van der Waals surface area contributed by atoms with E-state index in [1.807, 2.05) is 0 Å². The summed E-state index contributed by atoms with van der Waals surface area (Å²) in [5.74, 6) is -2.45. The lowest BCUT2D eigenvalue weighted by molar-refractivity contribution is -0.117. The van der Waals surface area contributed by atoms with E-state index in [1.165, 1.54) is 17.4 Å². The monoisotopic (exact) mass is 362 g/mol. The highest BCUT2D eigenvalue weighted by Gasteiger charge is 2.56. The van der Waals surface area contributed by atoms with Gasteiger partial charge >= 0.3 is 0 Å². The lowest BCUT2D eigenvalue weighted by Gasteiger charge is -2.01. The van der Waals surface area contributed by atoms with Crippen LogP contribution in [0, 0.1) is 17.6 Å². The Morgan fingerprint density at radius 1 is 1.41 bits per heavy atom. The summed E-state index contributed by atoms with van der Waals surface area (Å²) in [6, 6.07) is 3.74. The molecule has 1 unspecified atom stereocenters. The van der Waals surface area contributed by atoms with Gasteiger partial charge in [-0.3, -0.25) is 4.79 Å². The Labute approximate surface area is 139 Å². The highest BCUT2D eigenvalue weighted by Crippen LogP contribution is 2.53. The van der Waals surface area contributed by atoms with Crippen LogP contribution in [0.3, 0.4) is 0 Å². The SMILES string of the molecule is O=C(Nc1ncc(Cc2ccc(F)c(F)c2)s1)C1CC1(Cl)Cl. The van der Waals surface area contributed by atoms with E-state index in [-0.39, 0.29) is 5.91 Å². The third kappa shape index (κ3) is 3.39. The number of carbonyl (C=O) groups is 1. The quantitative estimate of drug-likeness (QED) is 0.830. The van der Waals surface area contributed by atoms with Gasteiger partial charge in [0.15, 0.2) is 16.8 Å². The predicted molar refractivity (Wildman–Crippen MR) is 82.5 cm³/mol. The Morgan fingerprint density at radius 2 is 2.14 bits per heavy atom. The summed E-state index contributed by atoms with van der Waals surface area (Å²) in [6.45, 7) is 0. The van der Waals surface area contributed by atoms with E-state index in [4.69, 9.17) is 23.2 Å². The van der Waals surface area contributed by atoms with Crippen LogP contribution in [0.5, 0.6) is 0 Å². The Bertz CT molecular complexity index is 735. The molecule has 2 aromatic rings. The van der Waals surface area contributed by atoms with Crippen LogP contribution in [0.4, 0.5) is 13.9 Å². The number of rotatable bonds is 4. The van der Waals surface area contributed by atoms with E-state index >= 15 is 0 Å². The maximum atomic E-state index is 13.2. The zero-order valence-electron chi connectivity index (χ0n) is 11.1. The lowest BCUT2D eigenvalue weighted by Crippen LogP contribution is -2.16. The second-order valence-electron chi connectivity index (χ2n) is 5.06. The maximum Gasteiger partial charge on any atom is 0.232 e. The standard InChI is InChI=1S/C14H10Cl2F2N2OS/c15-14(16)5-9(14)12(21)20-13-19-6-8(22-13)3-7-1-2-10(17)11(18)4-7/h1-2,4,6,9H,3,5H2,(H,19,20,21). The topological polar surface area (TPSA) is 42.0 Å². The first kappa shape index (κ1) is 15.6. The minimum atomic E-state index is -0.976. The van der Waals surface area contributed by atoms with E-state index in [1.54, 1.807) is 6.20 Å². The lowest BCUT2D eigenvalue weighted by atomic mass is 10.1. The number of carbonyl (C=O) groups excluding carboxylic acids is 1. The van der Waals surface area contributed by atoms with Gasteiger partial charge in [0, 0.05) is 17.5 Å². The molecule has 1 fully saturated rings. The molecule has 3 rings (SSSR count). The summed E-state index contributed by atoms with van der Waals surface area (Å²) in [5.41, 5.74) is 0.628. The Kier molecular flexibility index (Phi) is 4.09. The molecule has 3 nitrogen and oxygen atoms in total. The molecule has 1 aromatic heterocycles. The molecule has 0 radical (unpaired) electrons. The highest BCUT2D eigenvalue weighted by molar-refractivity contribution is 7.15. The number of thiazole rings is 1. The molecule has 0 spiro atoms. The third-order valence-electron chi connectivity index (χ3n) is 3.29. The van der Waals surface area contributed by atoms with Gasteiger partial charge in [0.25, 0.3) is 0 Å². The number of nitrogens with one attached hydrogen (secondary N) is 1. The number of benzene rings is 1. The molecule has 1 saturated carbocycles. The van der Waals surface area contributed by atoms with Gasteiger partial charge in [0.1, 0.15) is 4.33 Å². The molecule has 1 amide bonds. The van der Waals surface area contributed by atoms with Gasteiger partial charge in [-0.15, -0.1) is 34.5 Å². The van der Waals surface area contributed by atoms with Crippen molar-refractivity contribution in [1.82, 2.24) is 4.98 Å². The van der Waals surface area contributed by atoms with Crippen molar-refractivity contribution in [2.45, 2.75) is 17.2 Å². The molecule has 1 aromatic carbocycles. The van der Waals surface area contributed by atoms with Crippen molar-refractivity contribution in [2.24, 2.45) is 5.92 Å². The average molecular weight is 363 g/mol. The minimum absolute atomic E-state index is 0.265. The molecular weight excluding hydrogens is 353 g/mol. The molecule has 1 atom stereocenters. The average Bonchev–Trinajstić information content (AvgIpc) is 2.88. The second-order valence-corrected chi connectivity index (χ2v) is 7.72. The van der Waals surface area contributed by atoms with Crippen LogP contribution in [0.25, 0.3) is 0 Å². The van der Waals surface area contributed by atoms with Crippen LogP contribution in [-0.2, 0) is 11.2 Å². The second kappa shape index (κ2) is 5.76. The van der Waals surface area contributed by atoms with Crippen molar-refractivity contribution in [3.8, 4) is 0 Å². The molecule has 1 aliphatic carbocycles. The summed E-state index contributed by atoms with van der Waals surface area (Å²) in [6.07, 6.45) is 2.42. The van der Waals surface area contributed by atoms with Crippen molar-refractivity contribution < 1.29 is 13.6 Å². The number of aromatic nitrogens is 1. The number of nitrogens with zero attached hydrogens (tertiary/aromatic N) is 1. The zero-order valence-corrected chi connectivity index (χ0v) is 13.4. The first-order chi connectivity index (χ1) is 10.3. The van der Waals surface area contributed by atoms with E-state index in [0.29, 0.717) is 23.5 Å². The molecule has 1 N–H and O–H groups in total. The van der Waals surface area contributed by atoms with Gasteiger partial charge in [-0.1, -0.05) is 6.07 Å². The van der Waals surface area contributed by atoms with Crippen molar-refractivity contribution in [2.75, 3.05) is 5.32 Å². The van der Waals surface area contributed by atoms with Crippen molar-refractivity contribution in [3.05, 3.63) is 46.5 Å². The zero-order chi connectivity index (χ0) is 15.9. The van der Waals surface area contributed by atoms with E-state index in [2.05, 4.69) is 10.3 Å². The molecule has 8 heteroatoms. The minimum Gasteiger partial charge on any atom is -0.302 e. The normalized spacial score (nSPS) is 19.0. The van der Waals surface area contributed by atoms with E-state index in [9.17, 15) is 13.6 Å². The van der Waals surface area contributed by atoms with Crippen molar-refractivity contribution >= 4 is 45.6 Å². The Hall–Kier alpha value is -1.24. The van der Waals surface area contributed by atoms with E-state index < -0.39 is 21.9 Å². The van der Waals surface area contributed by atoms with Crippen LogP contribution in [0.15, 0.2) is 24.4 Å². The Morgan fingerprint density at radius 3 is 2.77 bits per heavy atom. The van der Waals surface area contributed by atoms with Gasteiger partial charge in [-0.2, -0.15) is 0 Å². The molecule has 0 aliphatic heterocycles. The molecule has 0 saturated heterocycles. The number of amides is 1. The van der Waals surface area contributed by atoms with Gasteiger partial charge in [-0.25, -0.2) is 13.8 Å². The van der Waals surface area contributed by atoms with Gasteiger partial charge in [0.05, 0.1) is 5.92 Å². The first-order valence-electron chi connectivity index (χ1n) is 6.42. The number of halogens is 4. The largest absolute Gasteiger partial charge is 0.302 e. The van der Waals surface area contributed by atoms with Crippen LogP contribution in [0.2, 0.25) is 0 Å². The summed E-state index contributed by atoms with van der Waals surface area (Å²) in [4.78, 5) is 16.7. The molecule has 0 bridgehead atoms. The third-order valence-corrected chi connectivity index (χ3v) is 5.04.